The van der Waals surface area contributed by atoms with Crippen LogP contribution in [0.3, 0.4) is 0 Å². The van der Waals surface area contributed by atoms with Crippen molar-refractivity contribution < 1.29 is 0 Å². The van der Waals surface area contributed by atoms with Crippen LogP contribution in [0, 0.1) is 0 Å². The zero-order chi connectivity index (χ0) is 14.9. The number of hydrogen-bond acceptors (Lipinski definition) is 3. The van der Waals surface area contributed by atoms with Crippen LogP contribution in [-0.2, 0) is 6.54 Å². The molecule has 0 amide bonds. The zero-order valence-electron chi connectivity index (χ0n) is 12.5. The van der Waals surface area contributed by atoms with E-state index in [-0.39, 0.29) is 5.54 Å². The van der Waals surface area contributed by atoms with Gasteiger partial charge in [0.25, 0.3) is 0 Å². The smallest absolute Gasteiger partial charge is 0.0701 e. The van der Waals surface area contributed by atoms with Gasteiger partial charge in [-0.05, 0) is 47.5 Å². The van der Waals surface area contributed by atoms with Crippen molar-refractivity contribution in [1.29, 1.82) is 0 Å². The van der Waals surface area contributed by atoms with E-state index in [1.165, 1.54) is 14.2 Å². The molecule has 1 aromatic heterocycles. The fourth-order valence-corrected chi connectivity index (χ4v) is 4.33. The van der Waals surface area contributed by atoms with Gasteiger partial charge in [0.15, 0.2) is 0 Å². The zero-order valence-corrected chi connectivity index (χ0v) is 14.9. The summed E-state index contributed by atoms with van der Waals surface area (Å²) in [5.41, 5.74) is 1.56. The maximum atomic E-state index is 3.70. The molecule has 1 fully saturated rings. The van der Waals surface area contributed by atoms with Crippen LogP contribution in [-0.4, -0.2) is 23.5 Å². The molecule has 0 radical (unpaired) electrons. The second-order valence-electron chi connectivity index (χ2n) is 6.24. The highest BCUT2D eigenvalue weighted by Gasteiger charge is 2.34. The second kappa shape index (κ2) is 6.21. The van der Waals surface area contributed by atoms with E-state index in [1.54, 1.807) is 0 Å². The van der Waals surface area contributed by atoms with Crippen LogP contribution in [0.2, 0.25) is 0 Å². The van der Waals surface area contributed by atoms with Crippen LogP contribution in [0.1, 0.15) is 30.3 Å². The number of nitrogens with one attached hydrogen (secondary N) is 1. The van der Waals surface area contributed by atoms with Gasteiger partial charge >= 0.3 is 0 Å². The molecule has 0 aliphatic carbocycles. The Bertz CT molecular complexity index is 594. The third-order valence-electron chi connectivity index (χ3n) is 4.22. The highest BCUT2D eigenvalue weighted by molar-refractivity contribution is 9.11. The van der Waals surface area contributed by atoms with Crippen molar-refractivity contribution in [2.24, 2.45) is 0 Å². The molecule has 4 heteroatoms. The Labute approximate surface area is 139 Å². The van der Waals surface area contributed by atoms with Crippen molar-refractivity contribution in [3.63, 3.8) is 0 Å². The summed E-state index contributed by atoms with van der Waals surface area (Å²) in [6, 6.07) is 15.6. The minimum atomic E-state index is 0.182. The van der Waals surface area contributed by atoms with Crippen LogP contribution >= 0.6 is 27.3 Å². The largest absolute Gasteiger partial charge is 0.307 e. The lowest BCUT2D eigenvalue weighted by atomic mass is 9.94. The molecule has 1 aliphatic heterocycles. The minimum Gasteiger partial charge on any atom is -0.307 e. The molecular weight excluding hydrogens is 344 g/mol. The topological polar surface area (TPSA) is 15.3 Å². The highest BCUT2D eigenvalue weighted by atomic mass is 79.9. The minimum absolute atomic E-state index is 0.182. The fraction of sp³-hybridized carbons (Fsp3) is 0.412. The Morgan fingerprint density at radius 3 is 2.67 bits per heavy atom. The van der Waals surface area contributed by atoms with Crippen molar-refractivity contribution >= 4 is 27.3 Å². The molecule has 2 nitrogen and oxygen atoms in total. The van der Waals surface area contributed by atoms with E-state index in [1.807, 2.05) is 11.3 Å². The summed E-state index contributed by atoms with van der Waals surface area (Å²) < 4.78 is 1.21. The van der Waals surface area contributed by atoms with Crippen molar-refractivity contribution in [1.82, 2.24) is 10.2 Å². The van der Waals surface area contributed by atoms with Gasteiger partial charge in [0.1, 0.15) is 0 Å². The summed E-state index contributed by atoms with van der Waals surface area (Å²) in [5, 5.41) is 3.70. The first-order chi connectivity index (χ1) is 10.0. The summed E-state index contributed by atoms with van der Waals surface area (Å²) in [6.45, 7) is 7.73. The van der Waals surface area contributed by atoms with E-state index in [0.29, 0.717) is 6.04 Å². The van der Waals surface area contributed by atoms with E-state index in [9.17, 15) is 0 Å². The number of hydrogen-bond donors (Lipinski definition) is 1. The molecule has 0 bridgehead atoms. The molecule has 1 N–H and O–H groups in total. The van der Waals surface area contributed by atoms with E-state index >= 15 is 0 Å². The van der Waals surface area contributed by atoms with Gasteiger partial charge in [-0.15, -0.1) is 11.3 Å². The molecule has 3 rings (SSSR count). The maximum Gasteiger partial charge on any atom is 0.0701 e. The Hall–Kier alpha value is -0.680. The normalized spacial score (nSPS) is 22.3. The van der Waals surface area contributed by atoms with Crippen molar-refractivity contribution in [3.05, 3.63) is 56.7 Å². The SMILES string of the molecule is CC1(C)CNC(c2ccccc2)CN1Cc1ccc(Br)s1. The standard InChI is InChI=1S/C17H21BrN2S/c1-17(2)12-19-15(13-6-4-3-5-7-13)11-20(17)10-14-8-9-16(18)21-14/h3-9,15,19H,10-12H2,1-2H3. The molecule has 1 atom stereocenters. The van der Waals surface area contributed by atoms with Crippen LogP contribution in [0.25, 0.3) is 0 Å². The summed E-state index contributed by atoms with van der Waals surface area (Å²) in [5.74, 6) is 0. The summed E-state index contributed by atoms with van der Waals surface area (Å²) in [7, 11) is 0. The molecule has 112 valence electrons. The number of piperazine rings is 1. The number of rotatable bonds is 3. The fourth-order valence-electron chi connectivity index (χ4n) is 2.83. The average molecular weight is 365 g/mol. The summed E-state index contributed by atoms with van der Waals surface area (Å²) >= 11 is 5.40. The van der Waals surface area contributed by atoms with Gasteiger partial charge in [0.2, 0.25) is 0 Å². The van der Waals surface area contributed by atoms with Crippen LogP contribution in [0.15, 0.2) is 46.3 Å². The molecule has 0 saturated carbocycles. The molecule has 1 aliphatic rings. The highest BCUT2D eigenvalue weighted by Crippen LogP contribution is 2.30. The van der Waals surface area contributed by atoms with Gasteiger partial charge in [-0.25, -0.2) is 0 Å². The van der Waals surface area contributed by atoms with Crippen LogP contribution < -0.4 is 5.32 Å². The van der Waals surface area contributed by atoms with Gasteiger partial charge in [-0.1, -0.05) is 30.3 Å². The molecule has 0 spiro atoms. The lowest BCUT2D eigenvalue weighted by molar-refractivity contribution is 0.0593. The average Bonchev–Trinajstić information content (AvgIpc) is 2.87. The third kappa shape index (κ3) is 3.57. The number of benzene rings is 1. The first-order valence-corrected chi connectivity index (χ1v) is 8.93. The first-order valence-electron chi connectivity index (χ1n) is 7.32. The molecule has 2 heterocycles. The Morgan fingerprint density at radius 1 is 1.24 bits per heavy atom. The third-order valence-corrected chi connectivity index (χ3v) is 5.83. The van der Waals surface area contributed by atoms with Crippen LogP contribution in [0.4, 0.5) is 0 Å². The van der Waals surface area contributed by atoms with Gasteiger partial charge in [-0.3, -0.25) is 4.90 Å². The Balaban J connectivity index is 1.76. The molecule has 1 saturated heterocycles. The van der Waals surface area contributed by atoms with Crippen molar-refractivity contribution in [2.75, 3.05) is 13.1 Å². The molecule has 21 heavy (non-hydrogen) atoms. The number of thiophene rings is 1. The summed E-state index contributed by atoms with van der Waals surface area (Å²) in [6.07, 6.45) is 0. The predicted molar refractivity (Wildman–Crippen MR) is 93.7 cm³/mol. The monoisotopic (exact) mass is 364 g/mol. The second-order valence-corrected chi connectivity index (χ2v) is 8.79. The quantitative estimate of drug-likeness (QED) is 0.865. The van der Waals surface area contributed by atoms with Crippen LogP contribution in [0.5, 0.6) is 0 Å². The van der Waals surface area contributed by atoms with Gasteiger partial charge in [0, 0.05) is 36.1 Å². The predicted octanol–water partition coefficient (Wildman–Crippen LogP) is 4.44. The number of halogens is 1. The maximum absolute atomic E-state index is 3.70. The Morgan fingerprint density at radius 2 is 2.00 bits per heavy atom. The summed E-state index contributed by atoms with van der Waals surface area (Å²) in [4.78, 5) is 4.02. The molecular formula is C17H21BrN2S. The number of nitrogens with zero attached hydrogens (tertiary/aromatic N) is 1. The van der Waals surface area contributed by atoms with E-state index < -0.39 is 0 Å². The van der Waals surface area contributed by atoms with Gasteiger partial charge in [-0.2, -0.15) is 0 Å². The molecule has 1 aromatic carbocycles. The first kappa shape index (κ1) is 15.2. The lowest BCUT2D eigenvalue weighted by Gasteiger charge is -2.46. The van der Waals surface area contributed by atoms with Crippen molar-refractivity contribution in [3.8, 4) is 0 Å². The lowest BCUT2D eigenvalue weighted by Crippen LogP contribution is -2.58. The van der Waals surface area contributed by atoms with Crippen molar-refractivity contribution in [2.45, 2.75) is 32.0 Å². The van der Waals surface area contributed by atoms with Gasteiger partial charge in [0.05, 0.1) is 3.79 Å². The molecule has 1 unspecified atom stereocenters. The van der Waals surface area contributed by atoms with E-state index in [0.717, 1.165) is 19.6 Å². The Kier molecular flexibility index (Phi) is 4.50. The van der Waals surface area contributed by atoms with E-state index in [4.69, 9.17) is 0 Å². The molecule has 2 aromatic rings. The van der Waals surface area contributed by atoms with E-state index in [2.05, 4.69) is 82.5 Å². The van der Waals surface area contributed by atoms with Gasteiger partial charge < -0.3 is 5.32 Å².